The Labute approximate surface area is 202 Å². The molecule has 0 amide bonds. The molecule has 3 aromatic rings. The molecule has 0 N–H and O–H groups in total. The van der Waals surface area contributed by atoms with Crippen LogP contribution in [-0.4, -0.2) is 30.6 Å². The van der Waals surface area contributed by atoms with Gasteiger partial charge < -0.3 is 9.64 Å². The van der Waals surface area contributed by atoms with E-state index in [1.807, 2.05) is 12.1 Å². The first-order chi connectivity index (χ1) is 15.3. The molecule has 1 saturated heterocycles. The Balaban J connectivity index is 0.00000245. The van der Waals surface area contributed by atoms with E-state index in [0.29, 0.717) is 12.6 Å². The maximum atomic E-state index is 6.17. The normalized spacial score (nSPS) is 18.0. The first kappa shape index (κ1) is 23.0. The summed E-state index contributed by atoms with van der Waals surface area (Å²) >= 11 is 6.06. The Morgan fingerprint density at radius 3 is 2.47 bits per heavy atom. The zero-order valence-electron chi connectivity index (χ0n) is 18.3. The zero-order valence-corrected chi connectivity index (χ0v) is 19.8. The van der Waals surface area contributed by atoms with Crippen LogP contribution in [0.15, 0.2) is 72.8 Å². The molecule has 5 heteroatoms. The fourth-order valence-electron chi connectivity index (χ4n) is 4.88. The van der Waals surface area contributed by atoms with Crippen molar-refractivity contribution in [2.75, 3.05) is 24.5 Å². The molecule has 1 atom stereocenters. The highest BCUT2D eigenvalue weighted by Crippen LogP contribution is 2.40. The van der Waals surface area contributed by atoms with E-state index >= 15 is 0 Å². The summed E-state index contributed by atoms with van der Waals surface area (Å²) in [6, 6.07) is 26.0. The second kappa shape index (κ2) is 10.6. The number of para-hydroxylation sites is 3. The number of rotatable bonds is 5. The highest BCUT2D eigenvalue weighted by atomic mass is 35.5. The van der Waals surface area contributed by atoms with Crippen molar-refractivity contribution in [3.05, 3.63) is 88.9 Å². The number of nitrogens with zero attached hydrogens (tertiary/aromatic N) is 2. The SMILES string of the molecule is Cl.Clc1ccc(CCN2CCCCC2CN2c3ccccc3COc3ccccc32)cc1. The highest BCUT2D eigenvalue weighted by Gasteiger charge is 2.28. The number of anilines is 2. The number of halogens is 2. The molecule has 0 aromatic heterocycles. The lowest BCUT2D eigenvalue weighted by Gasteiger charge is -2.39. The van der Waals surface area contributed by atoms with Crippen LogP contribution < -0.4 is 9.64 Å². The lowest BCUT2D eigenvalue weighted by Crippen LogP contribution is -2.46. The molecule has 5 rings (SSSR count). The average molecular weight is 469 g/mol. The molecule has 0 radical (unpaired) electrons. The van der Waals surface area contributed by atoms with Crippen LogP contribution in [0.2, 0.25) is 5.02 Å². The van der Waals surface area contributed by atoms with Crippen molar-refractivity contribution >= 4 is 35.4 Å². The summed E-state index contributed by atoms with van der Waals surface area (Å²) in [7, 11) is 0. The number of benzene rings is 3. The lowest BCUT2D eigenvalue weighted by molar-refractivity contribution is 0.154. The molecule has 0 bridgehead atoms. The average Bonchev–Trinajstić information content (AvgIpc) is 2.97. The molecular formula is C27H30Cl2N2O. The minimum absolute atomic E-state index is 0. The third kappa shape index (κ3) is 5.06. The van der Waals surface area contributed by atoms with Crippen molar-refractivity contribution in [3.63, 3.8) is 0 Å². The van der Waals surface area contributed by atoms with Gasteiger partial charge in [0, 0.05) is 35.4 Å². The number of hydrogen-bond acceptors (Lipinski definition) is 3. The van der Waals surface area contributed by atoms with Gasteiger partial charge in [0.1, 0.15) is 12.4 Å². The number of piperidine rings is 1. The Morgan fingerprint density at radius 2 is 1.62 bits per heavy atom. The van der Waals surface area contributed by atoms with Gasteiger partial charge in [0.05, 0.1) is 5.69 Å². The molecule has 168 valence electrons. The lowest BCUT2D eigenvalue weighted by atomic mass is 9.99. The van der Waals surface area contributed by atoms with Gasteiger partial charge in [0.2, 0.25) is 0 Å². The van der Waals surface area contributed by atoms with E-state index in [2.05, 4.69) is 70.5 Å². The van der Waals surface area contributed by atoms with Crippen LogP contribution in [0.5, 0.6) is 5.75 Å². The van der Waals surface area contributed by atoms with Crippen LogP contribution in [0.4, 0.5) is 11.4 Å². The molecule has 1 fully saturated rings. The third-order valence-corrected chi connectivity index (χ3v) is 6.82. The second-order valence-electron chi connectivity index (χ2n) is 8.56. The summed E-state index contributed by atoms with van der Waals surface area (Å²) in [6.45, 7) is 3.86. The van der Waals surface area contributed by atoms with Gasteiger partial charge in [0.15, 0.2) is 0 Å². The summed E-state index contributed by atoms with van der Waals surface area (Å²) in [5.41, 5.74) is 5.06. The van der Waals surface area contributed by atoms with Crippen LogP contribution in [0.1, 0.15) is 30.4 Å². The quantitative estimate of drug-likeness (QED) is 0.405. The Bertz CT molecular complexity index is 977. The molecule has 2 aliphatic heterocycles. The zero-order chi connectivity index (χ0) is 21.0. The van der Waals surface area contributed by atoms with Gasteiger partial charge in [-0.1, -0.05) is 60.5 Å². The molecule has 32 heavy (non-hydrogen) atoms. The van der Waals surface area contributed by atoms with Crippen molar-refractivity contribution < 1.29 is 4.74 Å². The Hall–Kier alpha value is -2.20. The van der Waals surface area contributed by atoms with Crippen LogP contribution in [0, 0.1) is 0 Å². The molecule has 2 heterocycles. The van der Waals surface area contributed by atoms with Crippen LogP contribution in [-0.2, 0) is 13.0 Å². The largest absolute Gasteiger partial charge is 0.487 e. The van der Waals surface area contributed by atoms with E-state index in [1.165, 1.54) is 48.3 Å². The summed E-state index contributed by atoms with van der Waals surface area (Å²) in [5, 5.41) is 0.806. The van der Waals surface area contributed by atoms with Gasteiger partial charge in [-0.25, -0.2) is 0 Å². The second-order valence-corrected chi connectivity index (χ2v) is 8.99. The minimum atomic E-state index is 0. The van der Waals surface area contributed by atoms with Crippen molar-refractivity contribution in [2.24, 2.45) is 0 Å². The summed E-state index contributed by atoms with van der Waals surface area (Å²) in [5.74, 6) is 0.974. The summed E-state index contributed by atoms with van der Waals surface area (Å²) in [4.78, 5) is 5.18. The standard InChI is InChI=1S/C27H29ClN2O.ClH/c28-23-14-12-21(13-15-23)16-18-29-17-6-5-8-24(29)19-30-25-9-2-1-7-22(25)20-31-27-11-4-3-10-26(27)30;/h1-4,7,9-15,24H,5-6,8,16-20H2;1H. The molecular weight excluding hydrogens is 439 g/mol. The van der Waals surface area contributed by atoms with E-state index in [9.17, 15) is 0 Å². The van der Waals surface area contributed by atoms with E-state index in [-0.39, 0.29) is 12.4 Å². The van der Waals surface area contributed by atoms with Crippen molar-refractivity contribution in [2.45, 2.75) is 38.3 Å². The molecule has 0 aliphatic carbocycles. The molecule has 0 spiro atoms. The topological polar surface area (TPSA) is 15.7 Å². The summed E-state index contributed by atoms with van der Waals surface area (Å²) in [6.07, 6.45) is 4.88. The van der Waals surface area contributed by atoms with E-state index in [4.69, 9.17) is 16.3 Å². The van der Waals surface area contributed by atoms with Gasteiger partial charge in [-0.05, 0) is 61.7 Å². The van der Waals surface area contributed by atoms with Crippen molar-refractivity contribution in [1.29, 1.82) is 0 Å². The van der Waals surface area contributed by atoms with Gasteiger partial charge in [-0.15, -0.1) is 12.4 Å². The van der Waals surface area contributed by atoms with Gasteiger partial charge in [-0.3, -0.25) is 4.90 Å². The van der Waals surface area contributed by atoms with Gasteiger partial charge in [0.25, 0.3) is 0 Å². The predicted octanol–water partition coefficient (Wildman–Crippen LogP) is 6.89. The Morgan fingerprint density at radius 1 is 0.875 bits per heavy atom. The van der Waals surface area contributed by atoms with Crippen LogP contribution in [0.3, 0.4) is 0 Å². The predicted molar refractivity (Wildman–Crippen MR) is 136 cm³/mol. The molecule has 0 saturated carbocycles. The van der Waals surface area contributed by atoms with E-state index < -0.39 is 0 Å². The number of fused-ring (bicyclic) bond motifs is 2. The third-order valence-electron chi connectivity index (χ3n) is 6.56. The molecule has 1 unspecified atom stereocenters. The van der Waals surface area contributed by atoms with Gasteiger partial charge in [-0.2, -0.15) is 0 Å². The molecule has 3 nitrogen and oxygen atoms in total. The maximum Gasteiger partial charge on any atom is 0.143 e. The maximum absolute atomic E-state index is 6.17. The number of hydrogen-bond donors (Lipinski definition) is 0. The van der Waals surface area contributed by atoms with E-state index in [1.54, 1.807) is 0 Å². The van der Waals surface area contributed by atoms with Gasteiger partial charge >= 0.3 is 0 Å². The molecule has 3 aromatic carbocycles. The fourth-order valence-corrected chi connectivity index (χ4v) is 5.00. The molecule has 2 aliphatic rings. The van der Waals surface area contributed by atoms with Crippen molar-refractivity contribution in [3.8, 4) is 5.75 Å². The monoisotopic (exact) mass is 468 g/mol. The fraction of sp³-hybridized carbons (Fsp3) is 0.333. The van der Waals surface area contributed by atoms with Crippen LogP contribution in [0.25, 0.3) is 0 Å². The summed E-state index contributed by atoms with van der Waals surface area (Å²) < 4.78 is 6.17. The smallest absolute Gasteiger partial charge is 0.143 e. The van der Waals surface area contributed by atoms with E-state index in [0.717, 1.165) is 30.3 Å². The number of likely N-dealkylation sites (tertiary alicyclic amines) is 1. The minimum Gasteiger partial charge on any atom is -0.487 e. The Kier molecular flexibility index (Phi) is 7.62. The number of ether oxygens (including phenoxy) is 1. The highest BCUT2D eigenvalue weighted by molar-refractivity contribution is 6.30. The van der Waals surface area contributed by atoms with Crippen molar-refractivity contribution in [1.82, 2.24) is 4.90 Å². The van der Waals surface area contributed by atoms with Crippen LogP contribution >= 0.6 is 24.0 Å². The first-order valence-electron chi connectivity index (χ1n) is 11.3. The first-order valence-corrected chi connectivity index (χ1v) is 11.7.